The quantitative estimate of drug-likeness (QED) is 0.785. The molecule has 0 aliphatic carbocycles. The van der Waals surface area contributed by atoms with E-state index < -0.39 is 0 Å². The summed E-state index contributed by atoms with van der Waals surface area (Å²) in [6, 6.07) is 13.0. The Hall–Kier alpha value is -2.14. The largest absolute Gasteiger partial charge is 0.441 e. The van der Waals surface area contributed by atoms with Gasteiger partial charge in [0, 0.05) is 23.5 Å². The predicted molar refractivity (Wildman–Crippen MR) is 84.1 cm³/mol. The standard InChI is InChI=1S/C16H13BrN2O2/c1-10-19-14-7-11(5-6-15(14)21-10)9-18-16(20)12-3-2-4-13(17)8-12/h2-8H,9H2,1H3,(H,18,20). The zero-order valence-corrected chi connectivity index (χ0v) is 13.0. The molecule has 0 atom stereocenters. The summed E-state index contributed by atoms with van der Waals surface area (Å²) in [4.78, 5) is 16.4. The maximum atomic E-state index is 12.1. The van der Waals surface area contributed by atoms with Gasteiger partial charge in [0.25, 0.3) is 5.91 Å². The summed E-state index contributed by atoms with van der Waals surface area (Å²) in [6.07, 6.45) is 0. The van der Waals surface area contributed by atoms with Crippen LogP contribution in [0, 0.1) is 6.92 Å². The Morgan fingerprint density at radius 1 is 1.29 bits per heavy atom. The second kappa shape index (κ2) is 5.69. The molecule has 0 bridgehead atoms. The summed E-state index contributed by atoms with van der Waals surface area (Å²) in [5.74, 6) is 0.535. The van der Waals surface area contributed by atoms with Gasteiger partial charge in [0.15, 0.2) is 11.5 Å². The van der Waals surface area contributed by atoms with Crippen LogP contribution in [0.1, 0.15) is 21.8 Å². The molecule has 1 N–H and O–H groups in total. The van der Waals surface area contributed by atoms with Crippen molar-refractivity contribution in [2.45, 2.75) is 13.5 Å². The number of fused-ring (bicyclic) bond motifs is 1. The molecule has 21 heavy (non-hydrogen) atoms. The number of amides is 1. The van der Waals surface area contributed by atoms with Gasteiger partial charge < -0.3 is 9.73 Å². The van der Waals surface area contributed by atoms with Crippen LogP contribution in [0.15, 0.2) is 51.4 Å². The number of aryl methyl sites for hydroxylation is 1. The number of carbonyl (C=O) groups excluding carboxylic acids is 1. The van der Waals surface area contributed by atoms with Crippen LogP contribution in [-0.4, -0.2) is 10.9 Å². The van der Waals surface area contributed by atoms with Crippen molar-refractivity contribution in [2.24, 2.45) is 0 Å². The van der Waals surface area contributed by atoms with E-state index in [0.717, 1.165) is 21.1 Å². The Bertz CT molecular complexity index is 811. The van der Waals surface area contributed by atoms with Crippen molar-refractivity contribution in [2.75, 3.05) is 0 Å². The molecule has 0 unspecified atom stereocenters. The zero-order chi connectivity index (χ0) is 14.8. The van der Waals surface area contributed by atoms with Crippen LogP contribution < -0.4 is 5.32 Å². The van der Waals surface area contributed by atoms with Gasteiger partial charge in [-0.15, -0.1) is 0 Å². The van der Waals surface area contributed by atoms with E-state index >= 15 is 0 Å². The molecule has 1 heterocycles. The smallest absolute Gasteiger partial charge is 0.251 e. The lowest BCUT2D eigenvalue weighted by atomic mass is 10.2. The molecule has 0 fully saturated rings. The molecule has 106 valence electrons. The van der Waals surface area contributed by atoms with Gasteiger partial charge >= 0.3 is 0 Å². The lowest BCUT2D eigenvalue weighted by Gasteiger charge is -2.05. The van der Waals surface area contributed by atoms with E-state index in [2.05, 4.69) is 26.2 Å². The number of hydrogen-bond acceptors (Lipinski definition) is 3. The number of rotatable bonds is 3. The molecule has 2 aromatic carbocycles. The molecule has 4 nitrogen and oxygen atoms in total. The second-order valence-electron chi connectivity index (χ2n) is 4.73. The number of aromatic nitrogens is 1. The third kappa shape index (κ3) is 3.13. The van der Waals surface area contributed by atoms with E-state index in [1.165, 1.54) is 0 Å². The molecule has 0 saturated carbocycles. The molecule has 0 saturated heterocycles. The molecule has 1 amide bonds. The van der Waals surface area contributed by atoms with Crippen molar-refractivity contribution in [3.8, 4) is 0 Å². The van der Waals surface area contributed by atoms with Gasteiger partial charge in [-0.25, -0.2) is 4.98 Å². The van der Waals surface area contributed by atoms with E-state index in [9.17, 15) is 4.79 Å². The first-order valence-corrected chi connectivity index (χ1v) is 7.31. The van der Waals surface area contributed by atoms with Crippen molar-refractivity contribution in [1.82, 2.24) is 10.3 Å². The highest BCUT2D eigenvalue weighted by atomic mass is 79.9. The van der Waals surface area contributed by atoms with Crippen LogP contribution in [0.5, 0.6) is 0 Å². The zero-order valence-electron chi connectivity index (χ0n) is 11.4. The van der Waals surface area contributed by atoms with Crippen molar-refractivity contribution < 1.29 is 9.21 Å². The van der Waals surface area contributed by atoms with E-state index in [1.54, 1.807) is 12.1 Å². The Morgan fingerprint density at radius 3 is 2.95 bits per heavy atom. The molecule has 0 radical (unpaired) electrons. The summed E-state index contributed by atoms with van der Waals surface area (Å²) in [7, 11) is 0. The minimum absolute atomic E-state index is 0.104. The lowest BCUT2D eigenvalue weighted by molar-refractivity contribution is 0.0951. The molecule has 5 heteroatoms. The third-order valence-electron chi connectivity index (χ3n) is 3.10. The fourth-order valence-electron chi connectivity index (χ4n) is 2.11. The van der Waals surface area contributed by atoms with Crippen molar-refractivity contribution in [3.63, 3.8) is 0 Å². The molecular formula is C16H13BrN2O2. The number of oxazole rings is 1. The Kier molecular flexibility index (Phi) is 3.75. The van der Waals surface area contributed by atoms with Crippen molar-refractivity contribution >= 4 is 32.9 Å². The summed E-state index contributed by atoms with van der Waals surface area (Å²) in [5.41, 5.74) is 3.18. The van der Waals surface area contributed by atoms with Gasteiger partial charge in [0.1, 0.15) is 5.52 Å². The van der Waals surface area contributed by atoms with Crippen molar-refractivity contribution in [1.29, 1.82) is 0 Å². The van der Waals surface area contributed by atoms with Gasteiger partial charge in [-0.1, -0.05) is 28.1 Å². The maximum absolute atomic E-state index is 12.1. The predicted octanol–water partition coefficient (Wildman–Crippen LogP) is 3.83. The summed E-state index contributed by atoms with van der Waals surface area (Å²) in [5, 5.41) is 2.90. The Labute approximate surface area is 130 Å². The normalized spacial score (nSPS) is 10.8. The summed E-state index contributed by atoms with van der Waals surface area (Å²) in [6.45, 7) is 2.27. The number of carbonyl (C=O) groups is 1. The van der Waals surface area contributed by atoms with Gasteiger partial charge in [-0.05, 0) is 35.9 Å². The molecule has 1 aromatic heterocycles. The molecule has 0 aliphatic heterocycles. The monoisotopic (exact) mass is 344 g/mol. The maximum Gasteiger partial charge on any atom is 0.251 e. The van der Waals surface area contributed by atoms with E-state index in [1.807, 2.05) is 37.3 Å². The third-order valence-corrected chi connectivity index (χ3v) is 3.59. The number of halogens is 1. The number of hydrogen-bond donors (Lipinski definition) is 1. The van der Waals surface area contributed by atoms with Crippen LogP contribution in [0.2, 0.25) is 0 Å². The number of nitrogens with one attached hydrogen (secondary N) is 1. The molecule has 0 spiro atoms. The lowest BCUT2D eigenvalue weighted by Crippen LogP contribution is -2.22. The summed E-state index contributed by atoms with van der Waals surface area (Å²) < 4.78 is 6.31. The number of nitrogens with zero attached hydrogens (tertiary/aromatic N) is 1. The minimum atomic E-state index is -0.104. The van der Waals surface area contributed by atoms with E-state index in [4.69, 9.17) is 4.42 Å². The molecule has 3 rings (SSSR count). The van der Waals surface area contributed by atoms with Crippen molar-refractivity contribution in [3.05, 3.63) is 64.0 Å². The Balaban J connectivity index is 1.72. The fourth-order valence-corrected chi connectivity index (χ4v) is 2.51. The number of benzene rings is 2. The Morgan fingerprint density at radius 2 is 2.14 bits per heavy atom. The highest BCUT2D eigenvalue weighted by Crippen LogP contribution is 2.17. The highest BCUT2D eigenvalue weighted by Gasteiger charge is 2.07. The second-order valence-corrected chi connectivity index (χ2v) is 5.64. The van der Waals surface area contributed by atoms with E-state index in [0.29, 0.717) is 18.0 Å². The van der Waals surface area contributed by atoms with Crippen LogP contribution in [0.4, 0.5) is 0 Å². The van der Waals surface area contributed by atoms with Gasteiger partial charge in [0.2, 0.25) is 0 Å². The average molecular weight is 345 g/mol. The van der Waals surface area contributed by atoms with Gasteiger partial charge in [0.05, 0.1) is 0 Å². The van der Waals surface area contributed by atoms with E-state index in [-0.39, 0.29) is 5.91 Å². The van der Waals surface area contributed by atoms with Crippen LogP contribution in [0.25, 0.3) is 11.1 Å². The van der Waals surface area contributed by atoms with Crippen LogP contribution >= 0.6 is 15.9 Å². The fraction of sp³-hybridized carbons (Fsp3) is 0.125. The van der Waals surface area contributed by atoms with Gasteiger partial charge in [-0.2, -0.15) is 0 Å². The van der Waals surface area contributed by atoms with Gasteiger partial charge in [-0.3, -0.25) is 4.79 Å². The summed E-state index contributed by atoms with van der Waals surface area (Å²) >= 11 is 3.36. The first-order chi connectivity index (χ1) is 10.1. The first kappa shape index (κ1) is 13.8. The van der Waals surface area contributed by atoms with Crippen LogP contribution in [-0.2, 0) is 6.54 Å². The SMILES string of the molecule is Cc1nc2cc(CNC(=O)c3cccc(Br)c3)ccc2o1. The van der Waals surface area contributed by atoms with Crippen LogP contribution in [0.3, 0.4) is 0 Å². The first-order valence-electron chi connectivity index (χ1n) is 6.52. The topological polar surface area (TPSA) is 55.1 Å². The average Bonchev–Trinajstić information content (AvgIpc) is 2.84. The molecule has 3 aromatic rings. The highest BCUT2D eigenvalue weighted by molar-refractivity contribution is 9.10. The molecular weight excluding hydrogens is 332 g/mol. The molecule has 0 aliphatic rings. The minimum Gasteiger partial charge on any atom is -0.441 e.